The Labute approximate surface area is 144 Å². The molecule has 2 aliphatic rings. The van der Waals surface area contributed by atoms with Crippen LogP contribution in [0.1, 0.15) is 32.1 Å². The number of imidazole rings is 1. The third kappa shape index (κ3) is 5.31. The van der Waals surface area contributed by atoms with Crippen molar-refractivity contribution in [2.45, 2.75) is 38.6 Å². The van der Waals surface area contributed by atoms with E-state index in [4.69, 9.17) is 4.74 Å². The summed E-state index contributed by atoms with van der Waals surface area (Å²) in [6.07, 6.45) is 10.8. The fourth-order valence-electron chi connectivity index (χ4n) is 3.68. The summed E-state index contributed by atoms with van der Waals surface area (Å²) in [6.45, 7) is 7.61. The van der Waals surface area contributed by atoms with Crippen molar-refractivity contribution in [1.82, 2.24) is 19.4 Å². The van der Waals surface area contributed by atoms with Crippen LogP contribution in [-0.2, 0) is 16.1 Å². The molecule has 0 aromatic carbocycles. The number of hydrogen-bond acceptors (Lipinski definition) is 4. The molecule has 0 bridgehead atoms. The van der Waals surface area contributed by atoms with Crippen molar-refractivity contribution in [3.05, 3.63) is 18.7 Å². The first-order valence-electron chi connectivity index (χ1n) is 9.35. The van der Waals surface area contributed by atoms with E-state index in [0.717, 1.165) is 78.2 Å². The number of rotatable bonds is 6. The van der Waals surface area contributed by atoms with E-state index in [0.29, 0.717) is 18.2 Å². The number of hydrogen-bond donors (Lipinski definition) is 0. The first-order valence-corrected chi connectivity index (χ1v) is 9.35. The van der Waals surface area contributed by atoms with Gasteiger partial charge in [-0.1, -0.05) is 0 Å². The molecule has 134 valence electrons. The van der Waals surface area contributed by atoms with Gasteiger partial charge in [-0.15, -0.1) is 0 Å². The van der Waals surface area contributed by atoms with Crippen molar-refractivity contribution >= 4 is 5.91 Å². The summed E-state index contributed by atoms with van der Waals surface area (Å²) < 4.78 is 7.63. The Morgan fingerprint density at radius 1 is 1.17 bits per heavy atom. The number of ether oxygens (including phenoxy) is 1. The molecule has 1 atom stereocenters. The fraction of sp³-hybridized carbons (Fsp3) is 0.778. The average molecular weight is 334 g/mol. The van der Waals surface area contributed by atoms with E-state index in [-0.39, 0.29) is 0 Å². The topological polar surface area (TPSA) is 50.6 Å². The molecule has 6 heteroatoms. The Kier molecular flexibility index (Phi) is 6.66. The lowest BCUT2D eigenvalue weighted by atomic mass is 9.98. The minimum atomic E-state index is 0.325. The molecule has 0 aliphatic carbocycles. The van der Waals surface area contributed by atoms with Gasteiger partial charge in [-0.05, 0) is 44.7 Å². The van der Waals surface area contributed by atoms with Gasteiger partial charge in [-0.3, -0.25) is 4.79 Å². The predicted molar refractivity (Wildman–Crippen MR) is 92.6 cm³/mol. The molecule has 2 saturated heterocycles. The summed E-state index contributed by atoms with van der Waals surface area (Å²) in [6, 6.07) is 0. The molecule has 2 aliphatic heterocycles. The Hall–Kier alpha value is -1.40. The maximum Gasteiger partial charge on any atom is 0.222 e. The molecule has 0 unspecified atom stereocenters. The summed E-state index contributed by atoms with van der Waals surface area (Å²) in [5.74, 6) is 0.756. The summed E-state index contributed by atoms with van der Waals surface area (Å²) in [5, 5.41) is 0. The molecule has 0 radical (unpaired) electrons. The minimum Gasteiger partial charge on any atom is -0.381 e. The van der Waals surface area contributed by atoms with E-state index in [1.54, 1.807) is 0 Å². The summed E-state index contributed by atoms with van der Waals surface area (Å²) in [5.41, 5.74) is 0. The van der Waals surface area contributed by atoms with Gasteiger partial charge in [0.1, 0.15) is 0 Å². The quantitative estimate of drug-likeness (QED) is 0.793. The SMILES string of the molecule is O=C(C[C@H]1CCCOC1)N1CCCN(CCCn2ccnc2)CC1. The van der Waals surface area contributed by atoms with E-state index in [9.17, 15) is 4.79 Å². The molecule has 3 rings (SSSR count). The Morgan fingerprint density at radius 2 is 2.12 bits per heavy atom. The Morgan fingerprint density at radius 3 is 2.92 bits per heavy atom. The van der Waals surface area contributed by atoms with E-state index >= 15 is 0 Å². The maximum absolute atomic E-state index is 12.5. The van der Waals surface area contributed by atoms with Crippen LogP contribution in [0.25, 0.3) is 0 Å². The van der Waals surface area contributed by atoms with Gasteiger partial charge in [-0.2, -0.15) is 0 Å². The van der Waals surface area contributed by atoms with Crippen molar-refractivity contribution < 1.29 is 9.53 Å². The molecular formula is C18H30N4O2. The highest BCUT2D eigenvalue weighted by molar-refractivity contribution is 5.76. The van der Waals surface area contributed by atoms with Crippen LogP contribution in [0, 0.1) is 5.92 Å². The highest BCUT2D eigenvalue weighted by Crippen LogP contribution is 2.18. The molecule has 0 N–H and O–H groups in total. The highest BCUT2D eigenvalue weighted by Gasteiger charge is 2.23. The lowest BCUT2D eigenvalue weighted by Gasteiger charge is -2.26. The number of aryl methyl sites for hydroxylation is 1. The van der Waals surface area contributed by atoms with Crippen molar-refractivity contribution in [3.8, 4) is 0 Å². The Bertz CT molecular complexity index is 485. The van der Waals surface area contributed by atoms with E-state index in [2.05, 4.69) is 19.4 Å². The molecular weight excluding hydrogens is 304 g/mol. The van der Waals surface area contributed by atoms with Gasteiger partial charge in [-0.25, -0.2) is 4.98 Å². The zero-order chi connectivity index (χ0) is 16.6. The van der Waals surface area contributed by atoms with Crippen LogP contribution < -0.4 is 0 Å². The third-order valence-corrected chi connectivity index (χ3v) is 5.11. The van der Waals surface area contributed by atoms with Crippen molar-refractivity contribution in [2.75, 3.05) is 45.9 Å². The second kappa shape index (κ2) is 9.18. The van der Waals surface area contributed by atoms with Gasteiger partial charge in [0.25, 0.3) is 0 Å². The van der Waals surface area contributed by atoms with Gasteiger partial charge < -0.3 is 19.1 Å². The second-order valence-electron chi connectivity index (χ2n) is 7.02. The number of aromatic nitrogens is 2. The van der Waals surface area contributed by atoms with Crippen LogP contribution in [-0.4, -0.2) is 71.2 Å². The van der Waals surface area contributed by atoms with Gasteiger partial charge in [0.15, 0.2) is 0 Å². The normalized spacial score (nSPS) is 23.2. The van der Waals surface area contributed by atoms with E-state index in [1.807, 2.05) is 18.7 Å². The molecule has 1 aromatic rings. The second-order valence-corrected chi connectivity index (χ2v) is 7.02. The molecule has 0 saturated carbocycles. The van der Waals surface area contributed by atoms with Crippen LogP contribution in [0.4, 0.5) is 0 Å². The highest BCUT2D eigenvalue weighted by atomic mass is 16.5. The van der Waals surface area contributed by atoms with Crippen molar-refractivity contribution in [3.63, 3.8) is 0 Å². The van der Waals surface area contributed by atoms with E-state index in [1.165, 1.54) is 0 Å². The van der Waals surface area contributed by atoms with Crippen molar-refractivity contribution in [2.24, 2.45) is 5.92 Å². The molecule has 6 nitrogen and oxygen atoms in total. The minimum absolute atomic E-state index is 0.325. The zero-order valence-corrected chi connectivity index (χ0v) is 14.6. The van der Waals surface area contributed by atoms with Crippen molar-refractivity contribution in [1.29, 1.82) is 0 Å². The maximum atomic E-state index is 12.5. The predicted octanol–water partition coefficient (Wildman–Crippen LogP) is 1.62. The smallest absolute Gasteiger partial charge is 0.222 e. The number of carbonyl (C=O) groups excluding carboxylic acids is 1. The molecule has 0 spiro atoms. The van der Waals surface area contributed by atoms with Gasteiger partial charge in [0.05, 0.1) is 6.33 Å². The van der Waals surface area contributed by atoms with Crippen LogP contribution in [0.2, 0.25) is 0 Å². The largest absolute Gasteiger partial charge is 0.381 e. The van der Waals surface area contributed by atoms with Gasteiger partial charge in [0, 0.05) is 58.2 Å². The summed E-state index contributed by atoms with van der Waals surface area (Å²) >= 11 is 0. The summed E-state index contributed by atoms with van der Waals surface area (Å²) in [4.78, 5) is 21.2. The van der Waals surface area contributed by atoms with E-state index < -0.39 is 0 Å². The monoisotopic (exact) mass is 334 g/mol. The van der Waals surface area contributed by atoms with Crippen LogP contribution in [0.5, 0.6) is 0 Å². The van der Waals surface area contributed by atoms with Crippen LogP contribution in [0.3, 0.4) is 0 Å². The molecule has 24 heavy (non-hydrogen) atoms. The number of carbonyl (C=O) groups is 1. The van der Waals surface area contributed by atoms with Gasteiger partial charge in [0.2, 0.25) is 5.91 Å². The zero-order valence-electron chi connectivity index (χ0n) is 14.6. The Balaban J connectivity index is 1.36. The van der Waals surface area contributed by atoms with Crippen LogP contribution in [0.15, 0.2) is 18.7 Å². The fourth-order valence-corrected chi connectivity index (χ4v) is 3.68. The average Bonchev–Trinajstić information content (AvgIpc) is 3.00. The lowest BCUT2D eigenvalue weighted by Crippen LogP contribution is -2.37. The first-order chi connectivity index (χ1) is 11.8. The third-order valence-electron chi connectivity index (χ3n) is 5.11. The first kappa shape index (κ1) is 17.4. The lowest BCUT2D eigenvalue weighted by molar-refractivity contribution is -0.133. The molecule has 2 fully saturated rings. The number of nitrogens with zero attached hydrogens (tertiary/aromatic N) is 4. The molecule has 1 amide bonds. The molecule has 3 heterocycles. The van der Waals surface area contributed by atoms with Gasteiger partial charge >= 0.3 is 0 Å². The number of amides is 1. The molecule has 1 aromatic heterocycles. The standard InChI is InChI=1S/C18H30N4O2/c23-18(14-17-4-1-13-24-15-17)22-9-3-7-20(11-12-22)6-2-8-21-10-5-19-16-21/h5,10,16-17H,1-4,6-9,11-15H2/t17-/m1/s1. The van der Waals surface area contributed by atoms with Crippen LogP contribution >= 0.6 is 0 Å². The summed E-state index contributed by atoms with van der Waals surface area (Å²) in [7, 11) is 0.